The molecule has 0 amide bonds. The molecule has 4 aromatic rings. The highest BCUT2D eigenvalue weighted by molar-refractivity contribution is 7.98. The number of para-hydroxylation sites is 1. The summed E-state index contributed by atoms with van der Waals surface area (Å²) in [6.45, 7) is 1.13. The molecule has 0 unspecified atom stereocenters. The van der Waals surface area contributed by atoms with Gasteiger partial charge in [0, 0.05) is 23.7 Å². The van der Waals surface area contributed by atoms with E-state index in [1.165, 1.54) is 0 Å². The van der Waals surface area contributed by atoms with Gasteiger partial charge in [0.15, 0.2) is 0 Å². The Morgan fingerprint density at radius 2 is 1.57 bits per heavy atom. The van der Waals surface area contributed by atoms with Crippen molar-refractivity contribution >= 4 is 11.8 Å². The number of benzene rings is 2. The maximum absolute atomic E-state index is 5.79. The lowest BCUT2D eigenvalue weighted by Gasteiger charge is -2.06. The number of nitrogens with zero attached hydrogens (tertiary/aromatic N) is 3. The van der Waals surface area contributed by atoms with E-state index in [2.05, 4.69) is 15.2 Å². The lowest BCUT2D eigenvalue weighted by atomic mass is 10.2. The summed E-state index contributed by atoms with van der Waals surface area (Å²) in [5.41, 5.74) is 1.93. The predicted octanol–water partition coefficient (Wildman–Crippen LogP) is 5.02. The van der Waals surface area contributed by atoms with Crippen LogP contribution in [0.25, 0.3) is 11.5 Å². The summed E-state index contributed by atoms with van der Waals surface area (Å²) in [5.74, 6) is 4.27. The Kier molecular flexibility index (Phi) is 6.96. The summed E-state index contributed by atoms with van der Waals surface area (Å²) in [6.07, 6.45) is 3.51. The van der Waals surface area contributed by atoms with Crippen molar-refractivity contribution in [2.45, 2.75) is 12.4 Å². The summed E-state index contributed by atoms with van der Waals surface area (Å²) in [6, 6.07) is 21.3. The molecule has 2 heterocycles. The van der Waals surface area contributed by atoms with Gasteiger partial charge in [-0.1, -0.05) is 18.2 Å². The topological polar surface area (TPSA) is 70.3 Å². The zero-order valence-electron chi connectivity index (χ0n) is 16.3. The molecule has 2 aromatic carbocycles. The fraction of sp³-hybridized carbons (Fsp3) is 0.174. The van der Waals surface area contributed by atoms with Crippen molar-refractivity contribution in [3.8, 4) is 23.0 Å². The Morgan fingerprint density at radius 3 is 2.37 bits per heavy atom. The van der Waals surface area contributed by atoms with Crippen LogP contribution in [-0.4, -0.2) is 27.5 Å². The Morgan fingerprint density at radius 1 is 0.800 bits per heavy atom. The van der Waals surface area contributed by atoms with E-state index in [0.29, 0.717) is 30.7 Å². The number of ether oxygens (including phenoxy) is 2. The van der Waals surface area contributed by atoms with Crippen molar-refractivity contribution < 1.29 is 13.9 Å². The minimum absolute atomic E-state index is 0.498. The van der Waals surface area contributed by atoms with E-state index in [1.54, 1.807) is 24.2 Å². The minimum atomic E-state index is 0.498. The third-order valence-corrected chi connectivity index (χ3v) is 5.09. The van der Waals surface area contributed by atoms with Gasteiger partial charge in [-0.25, -0.2) is 0 Å². The number of hydrogen-bond donors (Lipinski definition) is 0. The average molecular weight is 420 g/mol. The second-order valence-corrected chi connectivity index (χ2v) is 7.49. The van der Waals surface area contributed by atoms with Crippen molar-refractivity contribution in [3.05, 3.63) is 90.6 Å². The van der Waals surface area contributed by atoms with Crippen LogP contribution in [0.5, 0.6) is 11.5 Å². The first kappa shape index (κ1) is 20.0. The van der Waals surface area contributed by atoms with Gasteiger partial charge >= 0.3 is 0 Å². The largest absolute Gasteiger partial charge is 0.493 e. The fourth-order valence-corrected chi connectivity index (χ4v) is 3.30. The zero-order chi connectivity index (χ0) is 20.4. The van der Waals surface area contributed by atoms with E-state index in [9.17, 15) is 0 Å². The molecule has 0 radical (unpaired) electrons. The number of thioether (sulfide) groups is 1. The first-order valence-electron chi connectivity index (χ1n) is 9.57. The fourth-order valence-electron chi connectivity index (χ4n) is 2.66. The summed E-state index contributed by atoms with van der Waals surface area (Å²) in [5, 5.41) is 8.28. The maximum Gasteiger partial charge on any atom is 0.247 e. The van der Waals surface area contributed by atoms with Crippen LogP contribution in [0.3, 0.4) is 0 Å². The van der Waals surface area contributed by atoms with Gasteiger partial charge in [0.25, 0.3) is 0 Å². The van der Waals surface area contributed by atoms with Crippen molar-refractivity contribution in [1.29, 1.82) is 0 Å². The molecule has 0 atom stereocenters. The molecule has 0 aliphatic heterocycles. The Labute approximate surface area is 179 Å². The van der Waals surface area contributed by atoms with Gasteiger partial charge in [0.1, 0.15) is 18.1 Å². The van der Waals surface area contributed by atoms with Crippen LogP contribution in [0.4, 0.5) is 0 Å². The molecule has 4 rings (SSSR count). The zero-order valence-corrected chi connectivity index (χ0v) is 17.1. The molecule has 30 heavy (non-hydrogen) atoms. The molecule has 0 saturated carbocycles. The van der Waals surface area contributed by atoms with Gasteiger partial charge in [-0.3, -0.25) is 4.98 Å². The van der Waals surface area contributed by atoms with Gasteiger partial charge in [-0.05, 0) is 54.1 Å². The first-order chi connectivity index (χ1) is 14.9. The maximum atomic E-state index is 5.79. The van der Waals surface area contributed by atoms with Gasteiger partial charge in [0.05, 0.1) is 12.4 Å². The Balaban J connectivity index is 1.22. The van der Waals surface area contributed by atoms with E-state index >= 15 is 0 Å². The minimum Gasteiger partial charge on any atom is -0.493 e. The molecule has 0 N–H and O–H groups in total. The molecule has 0 saturated heterocycles. The molecule has 0 bridgehead atoms. The predicted molar refractivity (Wildman–Crippen MR) is 116 cm³/mol. The Bertz CT molecular complexity index is 1020. The van der Waals surface area contributed by atoms with Gasteiger partial charge in [0.2, 0.25) is 11.8 Å². The van der Waals surface area contributed by atoms with Gasteiger partial charge in [-0.15, -0.1) is 22.0 Å². The molecule has 0 spiro atoms. The second-order valence-electron chi connectivity index (χ2n) is 6.38. The summed E-state index contributed by atoms with van der Waals surface area (Å²) in [7, 11) is 0. The molecular weight excluding hydrogens is 398 g/mol. The second kappa shape index (κ2) is 10.5. The van der Waals surface area contributed by atoms with Gasteiger partial charge < -0.3 is 13.9 Å². The molecule has 7 heteroatoms. The highest BCUT2D eigenvalue weighted by atomic mass is 32.2. The number of aromatic nitrogens is 3. The highest BCUT2D eigenvalue weighted by Crippen LogP contribution is 2.23. The highest BCUT2D eigenvalue weighted by Gasteiger charge is 2.09. The summed E-state index contributed by atoms with van der Waals surface area (Å²) >= 11 is 1.70. The summed E-state index contributed by atoms with van der Waals surface area (Å²) in [4.78, 5) is 4.00. The van der Waals surface area contributed by atoms with E-state index in [4.69, 9.17) is 13.9 Å². The van der Waals surface area contributed by atoms with Crippen LogP contribution in [0.15, 0.2) is 83.5 Å². The van der Waals surface area contributed by atoms with Gasteiger partial charge in [-0.2, -0.15) is 0 Å². The monoisotopic (exact) mass is 419 g/mol. The molecule has 6 nitrogen and oxygen atoms in total. The normalized spacial score (nSPS) is 10.7. The lowest BCUT2D eigenvalue weighted by Crippen LogP contribution is -2.00. The third kappa shape index (κ3) is 5.84. The van der Waals surface area contributed by atoms with Crippen LogP contribution in [0.1, 0.15) is 11.5 Å². The van der Waals surface area contributed by atoms with Crippen molar-refractivity contribution in [2.24, 2.45) is 0 Å². The van der Waals surface area contributed by atoms with Crippen LogP contribution in [0, 0.1) is 0 Å². The first-order valence-corrected chi connectivity index (χ1v) is 10.7. The molecule has 152 valence electrons. The van der Waals surface area contributed by atoms with Crippen molar-refractivity contribution in [1.82, 2.24) is 15.2 Å². The van der Waals surface area contributed by atoms with E-state index in [-0.39, 0.29) is 0 Å². The molecule has 0 aliphatic rings. The average Bonchev–Trinajstić information content (AvgIpc) is 3.28. The third-order valence-electron chi connectivity index (χ3n) is 4.19. The van der Waals surface area contributed by atoms with Crippen LogP contribution in [0.2, 0.25) is 0 Å². The van der Waals surface area contributed by atoms with E-state index in [0.717, 1.165) is 28.4 Å². The Hall–Kier alpha value is -3.32. The number of rotatable bonds is 10. The van der Waals surface area contributed by atoms with Crippen molar-refractivity contribution in [2.75, 3.05) is 12.4 Å². The molecule has 2 aromatic heterocycles. The van der Waals surface area contributed by atoms with E-state index < -0.39 is 0 Å². The lowest BCUT2D eigenvalue weighted by molar-refractivity contribution is 0.306. The smallest absolute Gasteiger partial charge is 0.247 e. The number of pyridine rings is 1. The quantitative estimate of drug-likeness (QED) is 0.334. The van der Waals surface area contributed by atoms with Crippen LogP contribution >= 0.6 is 11.8 Å². The van der Waals surface area contributed by atoms with Crippen LogP contribution in [-0.2, 0) is 12.4 Å². The number of hydrogen-bond acceptors (Lipinski definition) is 7. The molecular formula is C23H21N3O3S. The molecule has 0 fully saturated rings. The van der Waals surface area contributed by atoms with Crippen LogP contribution < -0.4 is 9.47 Å². The summed E-state index contributed by atoms with van der Waals surface area (Å²) < 4.78 is 17.2. The van der Waals surface area contributed by atoms with E-state index in [1.807, 2.05) is 66.7 Å². The SMILES string of the molecule is c1ccc(OCCSCc2nnc(-c3ccc(OCc4ccncc4)cc3)o2)cc1. The van der Waals surface area contributed by atoms with Crippen molar-refractivity contribution in [3.63, 3.8) is 0 Å². The standard InChI is InChI=1S/C23H21N3O3S/c1-2-4-20(5-3-1)27-14-15-30-17-22-25-26-23(29-22)19-6-8-21(9-7-19)28-16-18-10-12-24-13-11-18/h1-13H,14-17H2. The molecule has 0 aliphatic carbocycles.